The van der Waals surface area contributed by atoms with Crippen molar-refractivity contribution < 1.29 is 9.59 Å². The smallest absolute Gasteiger partial charge is 0.252 e. The van der Waals surface area contributed by atoms with Crippen LogP contribution in [0.4, 0.5) is 0 Å². The van der Waals surface area contributed by atoms with Crippen molar-refractivity contribution >= 4 is 22.7 Å². The molecule has 1 heterocycles. The number of nitrogens with one attached hydrogen (secondary N) is 1. The molecule has 0 saturated heterocycles. The van der Waals surface area contributed by atoms with Crippen molar-refractivity contribution in [3.63, 3.8) is 0 Å². The maximum Gasteiger partial charge on any atom is 0.252 e. The Morgan fingerprint density at radius 2 is 2.00 bits per heavy atom. The lowest BCUT2D eigenvalue weighted by Crippen LogP contribution is -2.42. The van der Waals surface area contributed by atoms with Crippen LogP contribution >= 0.6 is 0 Å². The minimum absolute atomic E-state index is 0.333. The zero-order valence-corrected chi connectivity index (χ0v) is 9.88. The summed E-state index contributed by atoms with van der Waals surface area (Å²) in [5.41, 5.74) is 6.32. The van der Waals surface area contributed by atoms with Gasteiger partial charge in [-0.25, -0.2) is 0 Å². The lowest BCUT2D eigenvalue weighted by molar-refractivity contribution is -0.119. The molecule has 0 radical (unpaired) electrons. The van der Waals surface area contributed by atoms with Gasteiger partial charge in [0.25, 0.3) is 5.91 Å². The number of primary amides is 1. The van der Waals surface area contributed by atoms with Crippen LogP contribution in [-0.2, 0) is 4.79 Å². The van der Waals surface area contributed by atoms with Crippen molar-refractivity contribution in [2.45, 2.75) is 13.0 Å². The van der Waals surface area contributed by atoms with Gasteiger partial charge in [-0.05, 0) is 19.1 Å². The first-order valence-corrected chi connectivity index (χ1v) is 5.53. The summed E-state index contributed by atoms with van der Waals surface area (Å²) in [7, 11) is 0. The summed E-state index contributed by atoms with van der Waals surface area (Å²) in [5.74, 6) is -0.901. The highest BCUT2D eigenvalue weighted by atomic mass is 16.2. The normalized spacial score (nSPS) is 12.1. The van der Waals surface area contributed by atoms with E-state index in [0.717, 1.165) is 10.9 Å². The molecule has 0 bridgehead atoms. The molecule has 2 aromatic rings. The topological polar surface area (TPSA) is 85.1 Å². The number of para-hydroxylation sites is 1. The number of pyridine rings is 1. The van der Waals surface area contributed by atoms with E-state index in [1.54, 1.807) is 19.2 Å². The number of amides is 2. The Hall–Kier alpha value is -2.43. The van der Waals surface area contributed by atoms with Crippen LogP contribution in [0, 0.1) is 0 Å². The average molecular weight is 243 g/mol. The van der Waals surface area contributed by atoms with Gasteiger partial charge >= 0.3 is 0 Å². The summed E-state index contributed by atoms with van der Waals surface area (Å²) >= 11 is 0. The second kappa shape index (κ2) is 4.83. The zero-order valence-electron chi connectivity index (χ0n) is 9.88. The van der Waals surface area contributed by atoms with Crippen molar-refractivity contribution in [3.05, 3.63) is 42.1 Å². The van der Waals surface area contributed by atoms with Crippen molar-refractivity contribution in [1.29, 1.82) is 0 Å². The van der Waals surface area contributed by atoms with Gasteiger partial charge in [0, 0.05) is 11.6 Å². The molecule has 2 amide bonds. The molecular weight excluding hydrogens is 230 g/mol. The Morgan fingerprint density at radius 3 is 2.72 bits per heavy atom. The SMILES string of the molecule is C[C@@H](NC(=O)c1ccnc2ccccc12)C(N)=O. The molecule has 1 aromatic carbocycles. The van der Waals surface area contributed by atoms with Gasteiger partial charge in [-0.1, -0.05) is 18.2 Å². The second-order valence-electron chi connectivity index (χ2n) is 3.97. The van der Waals surface area contributed by atoms with Crippen LogP contribution in [0.1, 0.15) is 17.3 Å². The Morgan fingerprint density at radius 1 is 1.28 bits per heavy atom. The summed E-state index contributed by atoms with van der Waals surface area (Å²) < 4.78 is 0. The molecule has 92 valence electrons. The van der Waals surface area contributed by atoms with Crippen molar-refractivity contribution in [1.82, 2.24) is 10.3 Å². The first-order valence-electron chi connectivity index (χ1n) is 5.53. The number of fused-ring (bicyclic) bond motifs is 1. The highest BCUT2D eigenvalue weighted by molar-refractivity contribution is 6.07. The summed E-state index contributed by atoms with van der Waals surface area (Å²) in [5, 5.41) is 3.29. The van der Waals surface area contributed by atoms with Gasteiger partial charge in [0.05, 0.1) is 11.1 Å². The molecule has 0 aliphatic carbocycles. The molecule has 0 saturated carbocycles. The Balaban J connectivity index is 2.36. The third kappa shape index (κ3) is 2.29. The van der Waals surface area contributed by atoms with Crippen LogP contribution in [0.15, 0.2) is 36.5 Å². The number of hydrogen-bond donors (Lipinski definition) is 2. The van der Waals surface area contributed by atoms with Crippen molar-refractivity contribution in [2.24, 2.45) is 5.73 Å². The van der Waals surface area contributed by atoms with E-state index in [2.05, 4.69) is 10.3 Å². The van der Waals surface area contributed by atoms with E-state index in [0.29, 0.717) is 5.56 Å². The van der Waals surface area contributed by atoms with Crippen LogP contribution in [0.25, 0.3) is 10.9 Å². The van der Waals surface area contributed by atoms with Gasteiger partial charge in [0.2, 0.25) is 5.91 Å². The molecular formula is C13H13N3O2. The molecule has 0 spiro atoms. The van der Waals surface area contributed by atoms with Crippen LogP contribution < -0.4 is 11.1 Å². The fourth-order valence-electron chi connectivity index (χ4n) is 1.64. The predicted octanol–water partition coefficient (Wildman–Crippen LogP) is 0.838. The number of nitrogens with zero attached hydrogens (tertiary/aromatic N) is 1. The maximum absolute atomic E-state index is 12.0. The lowest BCUT2D eigenvalue weighted by atomic mass is 10.1. The summed E-state index contributed by atoms with van der Waals surface area (Å²) in [6.07, 6.45) is 1.56. The molecule has 0 fully saturated rings. The fourth-order valence-corrected chi connectivity index (χ4v) is 1.64. The molecule has 0 unspecified atom stereocenters. The highest BCUT2D eigenvalue weighted by Gasteiger charge is 2.15. The van der Waals surface area contributed by atoms with Gasteiger partial charge in [-0.2, -0.15) is 0 Å². The zero-order chi connectivity index (χ0) is 13.1. The molecule has 5 nitrogen and oxygen atoms in total. The Labute approximate surface area is 104 Å². The highest BCUT2D eigenvalue weighted by Crippen LogP contribution is 2.15. The maximum atomic E-state index is 12.0. The minimum Gasteiger partial charge on any atom is -0.368 e. The molecule has 18 heavy (non-hydrogen) atoms. The van der Waals surface area contributed by atoms with Crippen molar-refractivity contribution in [3.8, 4) is 0 Å². The van der Waals surface area contributed by atoms with Gasteiger partial charge in [0.1, 0.15) is 6.04 Å². The van der Waals surface area contributed by atoms with Crippen LogP contribution in [-0.4, -0.2) is 22.8 Å². The second-order valence-corrected chi connectivity index (χ2v) is 3.97. The summed E-state index contributed by atoms with van der Waals surface area (Å²) in [6.45, 7) is 1.55. The molecule has 0 aliphatic rings. The molecule has 1 atom stereocenters. The van der Waals surface area contributed by atoms with Gasteiger partial charge in [-0.3, -0.25) is 14.6 Å². The summed E-state index contributed by atoms with van der Waals surface area (Å²) in [6, 6.07) is 8.23. The number of nitrogens with two attached hydrogens (primary N) is 1. The lowest BCUT2D eigenvalue weighted by Gasteiger charge is -2.11. The van der Waals surface area contributed by atoms with Gasteiger partial charge in [0.15, 0.2) is 0 Å². The van der Waals surface area contributed by atoms with E-state index in [9.17, 15) is 9.59 Å². The number of aromatic nitrogens is 1. The minimum atomic E-state index is -0.704. The van der Waals surface area contributed by atoms with E-state index < -0.39 is 11.9 Å². The molecule has 2 rings (SSSR count). The number of benzene rings is 1. The average Bonchev–Trinajstić information content (AvgIpc) is 2.37. The Kier molecular flexibility index (Phi) is 3.23. The van der Waals surface area contributed by atoms with E-state index in [4.69, 9.17) is 5.73 Å². The van der Waals surface area contributed by atoms with Crippen molar-refractivity contribution in [2.75, 3.05) is 0 Å². The summed E-state index contributed by atoms with van der Waals surface area (Å²) in [4.78, 5) is 27.1. The van der Waals surface area contributed by atoms with Crippen LogP contribution in [0.3, 0.4) is 0 Å². The van der Waals surface area contributed by atoms with Crippen LogP contribution in [0.5, 0.6) is 0 Å². The third-order valence-electron chi connectivity index (χ3n) is 2.67. The Bertz CT molecular complexity index is 605. The molecule has 1 aromatic heterocycles. The quantitative estimate of drug-likeness (QED) is 0.837. The first kappa shape index (κ1) is 12.0. The van der Waals surface area contributed by atoms with E-state index >= 15 is 0 Å². The molecule has 3 N–H and O–H groups in total. The fraction of sp³-hybridized carbons (Fsp3) is 0.154. The number of hydrogen-bond acceptors (Lipinski definition) is 3. The largest absolute Gasteiger partial charge is 0.368 e. The van der Waals surface area contributed by atoms with E-state index in [1.165, 1.54) is 0 Å². The van der Waals surface area contributed by atoms with Gasteiger partial charge < -0.3 is 11.1 Å². The molecule has 0 aliphatic heterocycles. The first-order chi connectivity index (χ1) is 8.59. The molecule has 5 heteroatoms. The number of rotatable bonds is 3. The van der Waals surface area contributed by atoms with E-state index in [1.807, 2.05) is 24.3 Å². The van der Waals surface area contributed by atoms with Crippen LogP contribution in [0.2, 0.25) is 0 Å². The van der Waals surface area contributed by atoms with Gasteiger partial charge in [-0.15, -0.1) is 0 Å². The monoisotopic (exact) mass is 243 g/mol. The van der Waals surface area contributed by atoms with E-state index in [-0.39, 0.29) is 5.91 Å². The number of carbonyl (C=O) groups is 2. The standard InChI is InChI=1S/C13H13N3O2/c1-8(12(14)17)16-13(18)10-6-7-15-11-5-3-2-4-9(10)11/h2-8H,1H3,(H2,14,17)(H,16,18)/t8-/m1/s1. The number of carbonyl (C=O) groups excluding carboxylic acids is 2. The third-order valence-corrected chi connectivity index (χ3v) is 2.67. The predicted molar refractivity (Wildman–Crippen MR) is 67.9 cm³/mol.